The van der Waals surface area contributed by atoms with Crippen molar-refractivity contribution in [1.82, 2.24) is 9.55 Å². The second kappa shape index (κ2) is 10.2. The van der Waals surface area contributed by atoms with E-state index in [1.165, 1.54) is 17.7 Å². The lowest BCUT2D eigenvalue weighted by atomic mass is 9.99. The molecule has 32 heavy (non-hydrogen) atoms. The molecule has 3 nitrogen and oxygen atoms in total. The van der Waals surface area contributed by atoms with Gasteiger partial charge in [0.25, 0.3) is 5.56 Å². The van der Waals surface area contributed by atoms with Crippen molar-refractivity contribution in [1.29, 1.82) is 0 Å². The normalized spacial score (nSPS) is 10.9. The Balaban J connectivity index is 1.63. The number of aromatic nitrogens is 2. The number of halogens is 1. The molecular weight excluding hydrogens is 399 g/mol. The van der Waals surface area contributed by atoms with Gasteiger partial charge in [-0.3, -0.25) is 9.36 Å². The molecule has 0 amide bonds. The quantitative estimate of drug-likeness (QED) is 0.345. The van der Waals surface area contributed by atoms with E-state index in [1.807, 2.05) is 18.2 Å². The minimum atomic E-state index is -0.284. The summed E-state index contributed by atoms with van der Waals surface area (Å²) in [5, 5.41) is 0. The van der Waals surface area contributed by atoms with Crippen LogP contribution in [0.4, 0.5) is 4.39 Å². The first-order valence-corrected chi connectivity index (χ1v) is 11.1. The highest BCUT2D eigenvalue weighted by Crippen LogP contribution is 2.21. The topological polar surface area (TPSA) is 34.9 Å². The third-order valence-electron chi connectivity index (χ3n) is 5.70. The lowest BCUT2D eigenvalue weighted by molar-refractivity contribution is 0.625. The van der Waals surface area contributed by atoms with Crippen LogP contribution in [-0.2, 0) is 19.4 Å². The van der Waals surface area contributed by atoms with Crippen molar-refractivity contribution in [2.24, 2.45) is 0 Å². The second-order valence-electron chi connectivity index (χ2n) is 8.07. The molecule has 1 heterocycles. The maximum absolute atomic E-state index is 13.4. The van der Waals surface area contributed by atoms with Crippen LogP contribution in [0.5, 0.6) is 0 Å². The van der Waals surface area contributed by atoms with Crippen LogP contribution >= 0.6 is 0 Å². The summed E-state index contributed by atoms with van der Waals surface area (Å²) in [4.78, 5) is 18.0. The van der Waals surface area contributed by atoms with E-state index < -0.39 is 0 Å². The Morgan fingerprint density at radius 3 is 2.19 bits per heavy atom. The molecule has 0 atom stereocenters. The number of aryl methyl sites for hydroxylation is 1. The van der Waals surface area contributed by atoms with Gasteiger partial charge in [-0.1, -0.05) is 80.1 Å². The standard InChI is InChI=1S/C28H27FN2O/c1-2-3-9-27-26(18-21-10-14-24(15-11-21)23-7-5-4-6-8-23)28(32)31(20-30-27)19-22-12-16-25(29)17-13-22/h4-8,10-17,20H,2-3,9,18-19H2,1H3. The Hall–Kier alpha value is -3.53. The molecule has 0 aliphatic carbocycles. The van der Waals surface area contributed by atoms with Gasteiger partial charge in [0.2, 0.25) is 0 Å². The van der Waals surface area contributed by atoms with Gasteiger partial charge in [0, 0.05) is 12.0 Å². The Kier molecular flexibility index (Phi) is 6.90. The third-order valence-corrected chi connectivity index (χ3v) is 5.70. The molecule has 4 heteroatoms. The summed E-state index contributed by atoms with van der Waals surface area (Å²) >= 11 is 0. The Morgan fingerprint density at radius 1 is 0.844 bits per heavy atom. The largest absolute Gasteiger partial charge is 0.295 e. The van der Waals surface area contributed by atoms with Crippen LogP contribution in [0.15, 0.2) is 90.0 Å². The summed E-state index contributed by atoms with van der Waals surface area (Å²) in [6.45, 7) is 2.51. The molecule has 0 saturated heterocycles. The van der Waals surface area contributed by atoms with Gasteiger partial charge >= 0.3 is 0 Å². The van der Waals surface area contributed by atoms with Crippen LogP contribution in [-0.4, -0.2) is 9.55 Å². The summed E-state index contributed by atoms with van der Waals surface area (Å²) in [5.74, 6) is -0.284. The van der Waals surface area contributed by atoms with Gasteiger partial charge in [-0.2, -0.15) is 0 Å². The lowest BCUT2D eigenvalue weighted by Crippen LogP contribution is -2.27. The highest BCUT2D eigenvalue weighted by atomic mass is 19.1. The van der Waals surface area contributed by atoms with E-state index in [-0.39, 0.29) is 11.4 Å². The van der Waals surface area contributed by atoms with Gasteiger partial charge in [0.05, 0.1) is 18.6 Å². The van der Waals surface area contributed by atoms with Gasteiger partial charge in [0.15, 0.2) is 0 Å². The molecule has 0 radical (unpaired) electrons. The maximum Gasteiger partial charge on any atom is 0.257 e. The summed E-state index contributed by atoms with van der Waals surface area (Å²) in [7, 11) is 0. The molecular formula is C28H27FN2O. The van der Waals surface area contributed by atoms with E-state index in [9.17, 15) is 9.18 Å². The molecule has 0 N–H and O–H groups in total. The highest BCUT2D eigenvalue weighted by molar-refractivity contribution is 5.63. The van der Waals surface area contributed by atoms with Crippen molar-refractivity contribution in [3.05, 3.63) is 124 Å². The van der Waals surface area contributed by atoms with Crippen LogP contribution in [0.3, 0.4) is 0 Å². The van der Waals surface area contributed by atoms with Crippen molar-refractivity contribution in [3.63, 3.8) is 0 Å². The average molecular weight is 427 g/mol. The fourth-order valence-corrected chi connectivity index (χ4v) is 3.85. The first kappa shape index (κ1) is 21.7. The molecule has 0 unspecified atom stereocenters. The predicted octanol–water partition coefficient (Wildman–Crippen LogP) is 6.03. The maximum atomic E-state index is 13.4. The number of unbranched alkanes of at least 4 members (excludes halogenated alkanes) is 1. The van der Waals surface area contributed by atoms with E-state index in [0.717, 1.165) is 47.2 Å². The van der Waals surface area contributed by atoms with Crippen molar-refractivity contribution in [3.8, 4) is 11.1 Å². The molecule has 1 aromatic heterocycles. The van der Waals surface area contributed by atoms with Gasteiger partial charge in [-0.15, -0.1) is 0 Å². The second-order valence-corrected chi connectivity index (χ2v) is 8.07. The van der Waals surface area contributed by atoms with Crippen LogP contribution in [0.2, 0.25) is 0 Å². The van der Waals surface area contributed by atoms with E-state index in [2.05, 4.69) is 48.3 Å². The first-order chi connectivity index (χ1) is 15.6. The van der Waals surface area contributed by atoms with E-state index in [0.29, 0.717) is 13.0 Å². The Bertz CT molecular complexity index is 1210. The van der Waals surface area contributed by atoms with E-state index >= 15 is 0 Å². The van der Waals surface area contributed by atoms with E-state index in [4.69, 9.17) is 0 Å². The van der Waals surface area contributed by atoms with Gasteiger partial charge in [-0.25, -0.2) is 9.37 Å². The minimum absolute atomic E-state index is 0.0254. The average Bonchev–Trinajstić information content (AvgIpc) is 2.83. The van der Waals surface area contributed by atoms with Gasteiger partial charge in [-0.05, 0) is 47.2 Å². The van der Waals surface area contributed by atoms with Gasteiger partial charge < -0.3 is 0 Å². The Labute approximate surface area is 188 Å². The predicted molar refractivity (Wildman–Crippen MR) is 127 cm³/mol. The van der Waals surface area contributed by atoms with Crippen LogP contribution < -0.4 is 5.56 Å². The number of nitrogens with zero attached hydrogens (tertiary/aromatic N) is 2. The zero-order chi connectivity index (χ0) is 22.3. The molecule has 0 saturated carbocycles. The zero-order valence-corrected chi connectivity index (χ0v) is 18.3. The lowest BCUT2D eigenvalue weighted by Gasteiger charge is -2.13. The molecule has 0 aliphatic heterocycles. The molecule has 4 rings (SSSR count). The monoisotopic (exact) mass is 426 g/mol. The SMILES string of the molecule is CCCCc1ncn(Cc2ccc(F)cc2)c(=O)c1Cc1ccc(-c2ccccc2)cc1. The molecule has 0 spiro atoms. The van der Waals surface area contributed by atoms with Crippen molar-refractivity contribution >= 4 is 0 Å². The summed E-state index contributed by atoms with van der Waals surface area (Å²) < 4.78 is 14.9. The van der Waals surface area contributed by atoms with Crippen molar-refractivity contribution < 1.29 is 4.39 Å². The number of rotatable bonds is 8. The van der Waals surface area contributed by atoms with E-state index in [1.54, 1.807) is 23.0 Å². The third kappa shape index (κ3) is 5.20. The summed E-state index contributed by atoms with van der Waals surface area (Å²) in [6, 6.07) is 24.9. The summed E-state index contributed by atoms with van der Waals surface area (Å²) in [5.41, 5.74) is 5.87. The Morgan fingerprint density at radius 2 is 1.50 bits per heavy atom. The van der Waals surface area contributed by atoms with Crippen molar-refractivity contribution in [2.75, 3.05) is 0 Å². The van der Waals surface area contributed by atoms with Gasteiger partial charge in [0.1, 0.15) is 5.82 Å². The zero-order valence-electron chi connectivity index (χ0n) is 18.3. The first-order valence-electron chi connectivity index (χ1n) is 11.1. The fraction of sp³-hybridized carbons (Fsp3) is 0.214. The van der Waals surface area contributed by atoms with Crippen LogP contribution in [0.25, 0.3) is 11.1 Å². The molecule has 0 fully saturated rings. The summed E-state index contributed by atoms with van der Waals surface area (Å²) in [6.07, 6.45) is 5.00. The van der Waals surface area contributed by atoms with Crippen molar-refractivity contribution in [2.45, 2.75) is 39.2 Å². The van der Waals surface area contributed by atoms with Crippen LogP contribution in [0, 0.1) is 5.82 Å². The van der Waals surface area contributed by atoms with Crippen LogP contribution in [0.1, 0.15) is 42.1 Å². The fourth-order valence-electron chi connectivity index (χ4n) is 3.85. The minimum Gasteiger partial charge on any atom is -0.295 e. The molecule has 0 aliphatic rings. The molecule has 162 valence electrons. The smallest absolute Gasteiger partial charge is 0.257 e. The number of hydrogen-bond donors (Lipinski definition) is 0. The molecule has 0 bridgehead atoms. The molecule has 4 aromatic rings. The highest BCUT2D eigenvalue weighted by Gasteiger charge is 2.13. The molecule has 3 aromatic carbocycles. The number of benzene rings is 3. The number of hydrogen-bond acceptors (Lipinski definition) is 2.